The quantitative estimate of drug-likeness (QED) is 0.739. The summed E-state index contributed by atoms with van der Waals surface area (Å²) in [6, 6.07) is 7.53. The number of fused-ring (bicyclic) bond motifs is 1. The first kappa shape index (κ1) is 13.4. The van der Waals surface area contributed by atoms with E-state index in [9.17, 15) is 4.79 Å². The minimum absolute atomic E-state index is 0.0686. The second kappa shape index (κ2) is 5.49. The molecule has 0 amide bonds. The van der Waals surface area contributed by atoms with Gasteiger partial charge >= 0.3 is 0 Å². The van der Waals surface area contributed by atoms with Crippen molar-refractivity contribution in [3.05, 3.63) is 46.4 Å². The number of nitrogens with zero attached hydrogens (tertiary/aromatic N) is 5. The van der Waals surface area contributed by atoms with Crippen molar-refractivity contribution in [3.8, 4) is 0 Å². The van der Waals surface area contributed by atoms with Gasteiger partial charge in [0.2, 0.25) is 0 Å². The maximum absolute atomic E-state index is 12.3. The van der Waals surface area contributed by atoms with Gasteiger partial charge in [-0.1, -0.05) is 6.07 Å². The van der Waals surface area contributed by atoms with Crippen molar-refractivity contribution >= 4 is 28.4 Å². The van der Waals surface area contributed by atoms with E-state index in [1.807, 2.05) is 18.2 Å². The van der Waals surface area contributed by atoms with Gasteiger partial charge in [-0.25, -0.2) is 4.68 Å². The molecule has 1 fully saturated rings. The molecule has 0 unspecified atom stereocenters. The number of hydrogen-bond donors (Lipinski definition) is 0. The van der Waals surface area contributed by atoms with E-state index in [4.69, 9.17) is 0 Å². The average molecular weight is 313 g/mol. The number of aromatic nitrogens is 4. The van der Waals surface area contributed by atoms with Crippen molar-refractivity contribution in [1.82, 2.24) is 18.5 Å². The first-order chi connectivity index (χ1) is 10.8. The van der Waals surface area contributed by atoms with Gasteiger partial charge in [-0.05, 0) is 30.5 Å². The molecule has 0 spiro atoms. The molecule has 1 aliphatic rings. The molecule has 0 radical (unpaired) electrons. The first-order valence-electron chi connectivity index (χ1n) is 7.33. The minimum Gasteiger partial charge on any atom is -0.370 e. The zero-order chi connectivity index (χ0) is 14.9. The second-order valence-corrected chi connectivity index (χ2v) is 6.02. The molecule has 0 N–H and O–H groups in total. The smallest absolute Gasteiger partial charge is 0.269 e. The molecule has 1 saturated heterocycles. The summed E-state index contributed by atoms with van der Waals surface area (Å²) in [5.74, 6) is 0. The topological polar surface area (TPSA) is 63.9 Å². The Morgan fingerprint density at radius 3 is 2.73 bits per heavy atom. The molecule has 22 heavy (non-hydrogen) atoms. The predicted octanol–water partition coefficient (Wildman–Crippen LogP) is 1.90. The standard InChI is InChI=1S/C15H15N5OS/c21-15-8-12(19-5-1-2-6-19)9-16-20(15)10-11-3-4-13-14(7-11)18-22-17-13/h3-4,7-9H,1-2,5-6,10H2. The van der Waals surface area contributed by atoms with Crippen LogP contribution in [0.5, 0.6) is 0 Å². The lowest BCUT2D eigenvalue weighted by atomic mass is 10.2. The van der Waals surface area contributed by atoms with E-state index in [0.717, 1.165) is 35.4 Å². The third-order valence-corrected chi connectivity index (χ3v) is 4.53. The second-order valence-electron chi connectivity index (χ2n) is 5.49. The fourth-order valence-corrected chi connectivity index (χ4v) is 3.31. The van der Waals surface area contributed by atoms with Gasteiger partial charge in [0.05, 0.1) is 30.2 Å². The van der Waals surface area contributed by atoms with Crippen LogP contribution in [-0.4, -0.2) is 31.6 Å². The van der Waals surface area contributed by atoms with Gasteiger partial charge in [0.15, 0.2) is 0 Å². The van der Waals surface area contributed by atoms with Crippen LogP contribution >= 0.6 is 11.7 Å². The van der Waals surface area contributed by atoms with E-state index in [1.165, 1.54) is 29.3 Å². The molecular weight excluding hydrogens is 298 g/mol. The monoisotopic (exact) mass is 313 g/mol. The molecule has 0 bridgehead atoms. The van der Waals surface area contributed by atoms with Crippen LogP contribution in [0, 0.1) is 0 Å². The maximum Gasteiger partial charge on any atom is 0.269 e. The van der Waals surface area contributed by atoms with Crippen LogP contribution in [-0.2, 0) is 6.54 Å². The molecule has 2 aromatic heterocycles. The third kappa shape index (κ3) is 2.48. The molecular formula is C15H15N5OS. The van der Waals surface area contributed by atoms with Crippen molar-refractivity contribution in [1.29, 1.82) is 0 Å². The Labute approximate surface area is 131 Å². The molecule has 0 saturated carbocycles. The lowest BCUT2D eigenvalue weighted by molar-refractivity contribution is 0.637. The Kier molecular flexibility index (Phi) is 3.34. The Balaban J connectivity index is 1.60. The fraction of sp³-hybridized carbons (Fsp3) is 0.333. The Morgan fingerprint density at radius 2 is 1.91 bits per heavy atom. The largest absolute Gasteiger partial charge is 0.370 e. The number of anilines is 1. The molecule has 1 aliphatic heterocycles. The Morgan fingerprint density at radius 1 is 1.09 bits per heavy atom. The number of benzene rings is 1. The van der Waals surface area contributed by atoms with Gasteiger partial charge in [-0.2, -0.15) is 13.8 Å². The highest BCUT2D eigenvalue weighted by Gasteiger charge is 2.13. The molecule has 112 valence electrons. The fourth-order valence-electron chi connectivity index (χ4n) is 2.79. The molecule has 6 nitrogen and oxygen atoms in total. The number of rotatable bonds is 3. The molecule has 4 rings (SSSR count). The summed E-state index contributed by atoms with van der Waals surface area (Å²) in [6.07, 6.45) is 4.16. The van der Waals surface area contributed by atoms with Crippen LogP contribution in [0.3, 0.4) is 0 Å². The number of hydrogen-bond acceptors (Lipinski definition) is 6. The summed E-state index contributed by atoms with van der Waals surface area (Å²) in [7, 11) is 0. The summed E-state index contributed by atoms with van der Waals surface area (Å²) < 4.78 is 9.89. The van der Waals surface area contributed by atoms with E-state index in [1.54, 1.807) is 12.3 Å². The van der Waals surface area contributed by atoms with Crippen molar-refractivity contribution in [3.63, 3.8) is 0 Å². The lowest BCUT2D eigenvalue weighted by Gasteiger charge is -2.17. The van der Waals surface area contributed by atoms with E-state index in [-0.39, 0.29) is 5.56 Å². The third-order valence-electron chi connectivity index (χ3n) is 3.98. The van der Waals surface area contributed by atoms with Gasteiger partial charge in [0.25, 0.3) is 5.56 Å². The Hall–Kier alpha value is -2.28. The molecule has 1 aromatic carbocycles. The highest BCUT2D eigenvalue weighted by Crippen LogP contribution is 2.17. The van der Waals surface area contributed by atoms with E-state index in [0.29, 0.717) is 6.54 Å². The van der Waals surface area contributed by atoms with E-state index in [2.05, 4.69) is 18.7 Å². The highest BCUT2D eigenvalue weighted by atomic mass is 32.1. The van der Waals surface area contributed by atoms with Crippen LogP contribution in [0.4, 0.5) is 5.69 Å². The molecule has 7 heteroatoms. The van der Waals surface area contributed by atoms with Crippen molar-refractivity contribution < 1.29 is 0 Å². The van der Waals surface area contributed by atoms with Crippen molar-refractivity contribution in [2.75, 3.05) is 18.0 Å². The van der Waals surface area contributed by atoms with Crippen molar-refractivity contribution in [2.45, 2.75) is 19.4 Å². The van der Waals surface area contributed by atoms with Crippen LogP contribution < -0.4 is 10.5 Å². The maximum atomic E-state index is 12.3. The molecule has 3 aromatic rings. The summed E-state index contributed by atoms with van der Waals surface area (Å²) in [6.45, 7) is 2.48. The highest BCUT2D eigenvalue weighted by molar-refractivity contribution is 7.00. The van der Waals surface area contributed by atoms with Crippen LogP contribution in [0.15, 0.2) is 35.3 Å². The minimum atomic E-state index is -0.0686. The molecule has 3 heterocycles. The molecule has 0 atom stereocenters. The van der Waals surface area contributed by atoms with Crippen LogP contribution in [0.1, 0.15) is 18.4 Å². The van der Waals surface area contributed by atoms with Gasteiger partial charge in [-0.3, -0.25) is 4.79 Å². The van der Waals surface area contributed by atoms with Crippen molar-refractivity contribution in [2.24, 2.45) is 0 Å². The summed E-state index contributed by atoms with van der Waals surface area (Å²) in [4.78, 5) is 14.5. The molecule has 0 aliphatic carbocycles. The summed E-state index contributed by atoms with van der Waals surface area (Å²) in [5, 5.41) is 4.31. The van der Waals surface area contributed by atoms with Gasteiger partial charge in [-0.15, -0.1) is 0 Å². The Bertz CT molecular complexity index is 865. The van der Waals surface area contributed by atoms with Crippen LogP contribution in [0.25, 0.3) is 11.0 Å². The normalized spacial score (nSPS) is 14.8. The van der Waals surface area contributed by atoms with Gasteiger partial charge in [0.1, 0.15) is 11.0 Å². The average Bonchev–Trinajstić information content (AvgIpc) is 3.19. The SMILES string of the molecule is O=c1cc(N2CCCC2)cnn1Cc1ccc2nsnc2c1. The summed E-state index contributed by atoms with van der Waals surface area (Å²) >= 11 is 1.20. The van der Waals surface area contributed by atoms with Crippen LogP contribution in [0.2, 0.25) is 0 Å². The first-order valence-corrected chi connectivity index (χ1v) is 8.06. The van der Waals surface area contributed by atoms with E-state index < -0.39 is 0 Å². The summed E-state index contributed by atoms with van der Waals surface area (Å²) in [5.41, 5.74) is 3.62. The van der Waals surface area contributed by atoms with E-state index >= 15 is 0 Å². The van der Waals surface area contributed by atoms with Gasteiger partial charge in [0, 0.05) is 19.2 Å². The predicted molar refractivity (Wildman–Crippen MR) is 86.5 cm³/mol. The zero-order valence-corrected chi connectivity index (χ0v) is 12.8. The lowest BCUT2D eigenvalue weighted by Crippen LogP contribution is -2.26. The van der Waals surface area contributed by atoms with Gasteiger partial charge < -0.3 is 4.90 Å². The zero-order valence-electron chi connectivity index (χ0n) is 12.0.